The second kappa shape index (κ2) is 8.70. The monoisotopic (exact) mass is 283 g/mol. The van der Waals surface area contributed by atoms with E-state index in [1.807, 2.05) is 0 Å². The minimum absolute atomic E-state index is 0.112. The van der Waals surface area contributed by atoms with E-state index in [4.69, 9.17) is 7.85 Å². The third kappa shape index (κ3) is 5.69. The molecule has 4 radical (unpaired) electrons. The van der Waals surface area contributed by atoms with Crippen LogP contribution in [0.1, 0.15) is 71.1 Å². The van der Waals surface area contributed by atoms with Crippen LogP contribution in [0.25, 0.3) is 0 Å². The maximum atomic E-state index is 6.60. The molecule has 1 saturated heterocycles. The first-order chi connectivity index (χ1) is 10.1. The van der Waals surface area contributed by atoms with E-state index in [9.17, 15) is 0 Å². The Morgan fingerprint density at radius 3 is 2.43 bits per heavy atom. The summed E-state index contributed by atoms with van der Waals surface area (Å²) in [6.45, 7) is 7.00. The Morgan fingerprint density at radius 1 is 1.00 bits per heavy atom. The van der Waals surface area contributed by atoms with Crippen LogP contribution in [0, 0.1) is 0 Å². The fourth-order valence-corrected chi connectivity index (χ4v) is 4.01. The molecule has 2 fully saturated rings. The highest BCUT2D eigenvalue weighted by Gasteiger charge is 2.27. The summed E-state index contributed by atoms with van der Waals surface area (Å²) in [5.74, 6) is 1.62. The van der Waals surface area contributed by atoms with E-state index in [1.54, 1.807) is 0 Å². The third-order valence-electron chi connectivity index (χ3n) is 5.93. The summed E-state index contributed by atoms with van der Waals surface area (Å²) in [7, 11) is 11.6. The number of hydrogen-bond donors (Lipinski definition) is 0. The lowest BCUT2D eigenvalue weighted by atomic mass is 9.58. The minimum atomic E-state index is 0.112. The molecular weight excluding hydrogens is 251 g/mol. The molecule has 21 heavy (non-hydrogen) atoms. The largest absolute Gasteiger partial charge is 0.346 e. The van der Waals surface area contributed by atoms with E-state index in [0.717, 1.165) is 18.1 Å². The van der Waals surface area contributed by atoms with Gasteiger partial charge in [0.15, 0.2) is 0 Å². The highest BCUT2D eigenvalue weighted by Crippen LogP contribution is 2.42. The van der Waals surface area contributed by atoms with Crippen LogP contribution in [0.3, 0.4) is 0 Å². The van der Waals surface area contributed by atoms with Crippen LogP contribution in [0.15, 0.2) is 0 Å². The third-order valence-corrected chi connectivity index (χ3v) is 5.93. The lowest BCUT2D eigenvalue weighted by Gasteiger charge is -2.34. The van der Waals surface area contributed by atoms with Gasteiger partial charge in [-0.25, -0.2) is 0 Å². The second-order valence-electron chi connectivity index (χ2n) is 7.47. The van der Waals surface area contributed by atoms with E-state index in [1.165, 1.54) is 70.9 Å². The highest BCUT2D eigenvalue weighted by molar-refractivity contribution is 6.36. The van der Waals surface area contributed by atoms with Gasteiger partial charge in [-0.1, -0.05) is 82.1 Å². The first-order valence-electron chi connectivity index (χ1n) is 9.32. The summed E-state index contributed by atoms with van der Waals surface area (Å²) in [6, 6.07) is 0. The Hall–Kier alpha value is 0.155. The molecule has 0 amide bonds. The van der Waals surface area contributed by atoms with Crippen LogP contribution < -0.4 is 0 Å². The summed E-state index contributed by atoms with van der Waals surface area (Å²) in [5.41, 5.74) is 0. The van der Waals surface area contributed by atoms with Gasteiger partial charge in [0, 0.05) is 0 Å². The second-order valence-corrected chi connectivity index (χ2v) is 7.47. The van der Waals surface area contributed by atoms with Crippen molar-refractivity contribution in [3.05, 3.63) is 0 Å². The Labute approximate surface area is 135 Å². The molecule has 1 nitrogen and oxygen atoms in total. The highest BCUT2D eigenvalue weighted by atomic mass is 15.0. The maximum Gasteiger partial charge on any atom is 0.211 e. The molecule has 0 aromatic heterocycles. The molecule has 1 saturated carbocycles. The minimum Gasteiger partial charge on any atom is -0.346 e. The lowest BCUT2D eigenvalue weighted by molar-refractivity contribution is 0.350. The molecule has 0 bridgehead atoms. The fourth-order valence-electron chi connectivity index (χ4n) is 4.01. The summed E-state index contributed by atoms with van der Waals surface area (Å²) < 4.78 is 0. The zero-order valence-corrected chi connectivity index (χ0v) is 14.3. The van der Waals surface area contributed by atoms with Crippen molar-refractivity contribution in [3.63, 3.8) is 0 Å². The standard InChI is InChI=1S/C17H32B3N/c1-3-17(18)11-6-4-5-7-16(8-12-17)20-21-13-9-15(19-2)10-14-21/h15-16H,3-14H2,1-2H3. The molecule has 2 aliphatic rings. The van der Waals surface area contributed by atoms with Gasteiger partial charge in [-0.2, -0.15) is 0 Å². The molecule has 0 spiro atoms. The van der Waals surface area contributed by atoms with E-state index in [0.29, 0.717) is 0 Å². The van der Waals surface area contributed by atoms with Crippen molar-refractivity contribution in [2.45, 2.75) is 94.9 Å². The molecule has 2 rings (SSSR count). The Balaban J connectivity index is 1.81. The van der Waals surface area contributed by atoms with E-state index < -0.39 is 0 Å². The molecule has 2 atom stereocenters. The first-order valence-corrected chi connectivity index (χ1v) is 9.32. The molecule has 1 aliphatic carbocycles. The van der Waals surface area contributed by atoms with E-state index in [-0.39, 0.29) is 5.31 Å². The zero-order chi connectivity index (χ0) is 15.1. The zero-order valence-electron chi connectivity index (χ0n) is 14.3. The SMILES string of the molecule is [B]C1(CC)CCCCCC([B]N2CCC([B]C)CC2)CC1. The van der Waals surface area contributed by atoms with Crippen LogP contribution in [-0.4, -0.2) is 40.4 Å². The molecule has 1 aliphatic heterocycles. The average molecular weight is 283 g/mol. The number of nitrogens with zero attached hydrogens (tertiary/aromatic N) is 1. The van der Waals surface area contributed by atoms with Crippen LogP contribution >= 0.6 is 0 Å². The van der Waals surface area contributed by atoms with Gasteiger partial charge >= 0.3 is 0 Å². The first kappa shape index (κ1) is 17.5. The normalized spacial score (nSPS) is 33.7. The van der Waals surface area contributed by atoms with Crippen molar-refractivity contribution in [1.82, 2.24) is 4.81 Å². The molecule has 0 aromatic rings. The number of rotatable bonds is 4. The average Bonchev–Trinajstić information content (AvgIpc) is 2.60. The van der Waals surface area contributed by atoms with Gasteiger partial charge < -0.3 is 4.81 Å². The van der Waals surface area contributed by atoms with E-state index in [2.05, 4.69) is 33.3 Å². The van der Waals surface area contributed by atoms with Crippen molar-refractivity contribution in [2.24, 2.45) is 0 Å². The molecule has 1 heterocycles. The maximum absolute atomic E-state index is 6.60. The van der Waals surface area contributed by atoms with E-state index >= 15 is 0 Å². The number of hydrogen-bond acceptors (Lipinski definition) is 1. The van der Waals surface area contributed by atoms with Crippen LogP contribution in [0.5, 0.6) is 0 Å². The van der Waals surface area contributed by atoms with Gasteiger partial charge in [0.1, 0.15) is 7.28 Å². The Morgan fingerprint density at radius 2 is 1.76 bits per heavy atom. The smallest absolute Gasteiger partial charge is 0.211 e. The van der Waals surface area contributed by atoms with Gasteiger partial charge in [0.25, 0.3) is 0 Å². The van der Waals surface area contributed by atoms with Gasteiger partial charge in [0.05, 0.1) is 7.85 Å². The summed E-state index contributed by atoms with van der Waals surface area (Å²) in [5, 5.41) is 0.112. The molecule has 2 unspecified atom stereocenters. The van der Waals surface area contributed by atoms with Crippen molar-refractivity contribution < 1.29 is 0 Å². The Bertz CT molecular complexity index is 292. The van der Waals surface area contributed by atoms with Crippen LogP contribution in [0.2, 0.25) is 23.8 Å². The molecule has 4 heteroatoms. The lowest BCUT2D eigenvalue weighted by Crippen LogP contribution is -2.38. The van der Waals surface area contributed by atoms with Crippen molar-refractivity contribution >= 4 is 22.5 Å². The van der Waals surface area contributed by atoms with Crippen molar-refractivity contribution in [3.8, 4) is 0 Å². The molecular formula is C17H32B3N. The van der Waals surface area contributed by atoms with Gasteiger partial charge in [-0.15, -0.1) is 0 Å². The van der Waals surface area contributed by atoms with Crippen LogP contribution in [0.4, 0.5) is 0 Å². The molecule has 0 N–H and O–H groups in total. The van der Waals surface area contributed by atoms with Gasteiger partial charge in [0.2, 0.25) is 7.41 Å². The van der Waals surface area contributed by atoms with Crippen molar-refractivity contribution in [1.29, 1.82) is 0 Å². The van der Waals surface area contributed by atoms with Gasteiger partial charge in [-0.3, -0.25) is 0 Å². The summed E-state index contributed by atoms with van der Waals surface area (Å²) >= 11 is 0. The predicted octanol–water partition coefficient (Wildman–Crippen LogP) is 4.51. The topological polar surface area (TPSA) is 3.24 Å². The summed E-state index contributed by atoms with van der Waals surface area (Å²) in [4.78, 5) is 2.60. The van der Waals surface area contributed by atoms with Gasteiger partial charge in [-0.05, 0) is 25.9 Å². The quantitative estimate of drug-likeness (QED) is 0.686. The fraction of sp³-hybridized carbons (Fsp3) is 1.00. The van der Waals surface area contributed by atoms with Crippen molar-refractivity contribution in [2.75, 3.05) is 13.1 Å². The predicted molar refractivity (Wildman–Crippen MR) is 96.7 cm³/mol. The molecule has 0 aromatic carbocycles. The number of piperidine rings is 1. The molecule has 114 valence electrons. The van der Waals surface area contributed by atoms with Crippen LogP contribution in [-0.2, 0) is 0 Å². The Kier molecular flexibility index (Phi) is 7.25. The summed E-state index contributed by atoms with van der Waals surface area (Å²) in [6.07, 6.45) is 13.0.